The molecule has 0 heterocycles. The molecule has 3 heteroatoms. The summed E-state index contributed by atoms with van der Waals surface area (Å²) in [5.41, 5.74) is 0. The Hall–Kier alpha value is -0.570. The molecule has 0 saturated heterocycles. The van der Waals surface area contributed by atoms with E-state index in [1.54, 1.807) is 0 Å². The van der Waals surface area contributed by atoms with Crippen LogP contribution in [0.3, 0.4) is 0 Å². The molecule has 0 rings (SSSR count). The van der Waals surface area contributed by atoms with E-state index in [1.807, 2.05) is 0 Å². The predicted octanol–water partition coefficient (Wildman–Crippen LogP) is 5.72. The van der Waals surface area contributed by atoms with Gasteiger partial charge >= 0.3 is 5.97 Å². The first-order chi connectivity index (χ1) is 11.5. The van der Waals surface area contributed by atoms with Crippen molar-refractivity contribution in [2.45, 2.75) is 96.8 Å². The van der Waals surface area contributed by atoms with E-state index in [9.17, 15) is 4.79 Å². The first-order valence-electron chi connectivity index (χ1n) is 10.4. The van der Waals surface area contributed by atoms with Crippen LogP contribution in [0.1, 0.15) is 96.8 Å². The molecule has 0 spiro atoms. The molecule has 0 fully saturated rings. The van der Waals surface area contributed by atoms with Crippen LogP contribution in [-0.4, -0.2) is 44.7 Å². The second kappa shape index (κ2) is 15.9. The minimum Gasteiger partial charge on any atom is -0.460 e. The fourth-order valence-electron chi connectivity index (χ4n) is 2.79. The number of carbonyl (C=O) groups is 1. The van der Waals surface area contributed by atoms with Gasteiger partial charge in [-0.15, -0.1) is 0 Å². The molecule has 24 heavy (non-hydrogen) atoms. The van der Waals surface area contributed by atoms with Gasteiger partial charge in [0.15, 0.2) is 0 Å². The third-order valence-electron chi connectivity index (χ3n) is 4.51. The summed E-state index contributed by atoms with van der Waals surface area (Å²) in [7, 11) is 6.33. The van der Waals surface area contributed by atoms with E-state index < -0.39 is 0 Å². The number of likely N-dealkylation sites (N-methyl/N-ethyl adjacent to an activating group) is 1. The first-order valence-corrected chi connectivity index (χ1v) is 10.4. The Kier molecular flexibility index (Phi) is 15.6. The van der Waals surface area contributed by atoms with Crippen molar-refractivity contribution < 1.29 is 14.0 Å². The van der Waals surface area contributed by atoms with E-state index in [0.717, 1.165) is 17.4 Å². The maximum Gasteiger partial charge on any atom is 0.305 e. The van der Waals surface area contributed by atoms with Gasteiger partial charge in [-0.05, 0) is 6.42 Å². The van der Waals surface area contributed by atoms with Crippen molar-refractivity contribution in [1.29, 1.82) is 0 Å². The molecule has 0 radical (unpaired) electrons. The summed E-state index contributed by atoms with van der Waals surface area (Å²) >= 11 is 0. The van der Waals surface area contributed by atoms with Crippen molar-refractivity contribution >= 4 is 5.97 Å². The molecule has 0 bridgehead atoms. The molecule has 144 valence electrons. The number of nitrogens with zero attached hydrogens (tertiary/aromatic N) is 1. The van der Waals surface area contributed by atoms with Crippen LogP contribution in [0, 0.1) is 0 Å². The highest BCUT2D eigenvalue weighted by Gasteiger charge is 2.09. The van der Waals surface area contributed by atoms with Gasteiger partial charge in [0.05, 0.1) is 21.1 Å². The van der Waals surface area contributed by atoms with Crippen molar-refractivity contribution in [3.8, 4) is 0 Å². The number of rotatable bonds is 17. The maximum absolute atomic E-state index is 11.6. The van der Waals surface area contributed by atoms with Crippen LogP contribution in [0.4, 0.5) is 0 Å². The zero-order chi connectivity index (χ0) is 18.1. The van der Waals surface area contributed by atoms with Gasteiger partial charge < -0.3 is 9.22 Å². The average Bonchev–Trinajstić information content (AvgIpc) is 2.50. The number of ether oxygens (including phenoxy) is 1. The highest BCUT2D eigenvalue weighted by molar-refractivity contribution is 5.69. The van der Waals surface area contributed by atoms with E-state index in [2.05, 4.69) is 28.1 Å². The Morgan fingerprint density at radius 3 is 1.54 bits per heavy atom. The van der Waals surface area contributed by atoms with Crippen molar-refractivity contribution in [2.75, 3.05) is 34.3 Å². The lowest BCUT2D eigenvalue weighted by Gasteiger charge is -2.23. The molecule has 0 aromatic carbocycles. The number of quaternary nitrogens is 1. The molecule has 0 aromatic heterocycles. The van der Waals surface area contributed by atoms with E-state index in [0.29, 0.717) is 13.0 Å². The predicted molar refractivity (Wildman–Crippen MR) is 104 cm³/mol. The first kappa shape index (κ1) is 23.4. The number of hydrogen-bond acceptors (Lipinski definition) is 2. The zero-order valence-electron chi connectivity index (χ0n) is 17.1. The lowest BCUT2D eigenvalue weighted by Crippen LogP contribution is -2.37. The van der Waals surface area contributed by atoms with E-state index in [-0.39, 0.29) is 5.97 Å². The third kappa shape index (κ3) is 19.5. The minimum atomic E-state index is -0.0217. The van der Waals surface area contributed by atoms with Crippen molar-refractivity contribution in [2.24, 2.45) is 0 Å². The standard InChI is InChI=1S/C21H44NO2/c1-5-6-7-8-9-10-11-12-13-14-15-16-17-18-21(23)24-20-19-22(2,3)4/h5-20H2,1-4H3/q+1. The van der Waals surface area contributed by atoms with Crippen LogP contribution in [0.15, 0.2) is 0 Å². The highest BCUT2D eigenvalue weighted by Crippen LogP contribution is 2.13. The molecule has 0 amide bonds. The summed E-state index contributed by atoms with van der Waals surface area (Å²) in [5.74, 6) is -0.0217. The smallest absolute Gasteiger partial charge is 0.305 e. The fraction of sp³-hybridized carbons (Fsp3) is 0.952. The third-order valence-corrected chi connectivity index (χ3v) is 4.51. The molecule has 0 N–H and O–H groups in total. The van der Waals surface area contributed by atoms with Gasteiger partial charge in [0, 0.05) is 6.42 Å². The summed E-state index contributed by atoms with van der Waals surface area (Å²) in [6.45, 7) is 3.69. The van der Waals surface area contributed by atoms with E-state index in [4.69, 9.17) is 4.74 Å². The second-order valence-electron chi connectivity index (χ2n) is 8.23. The molecular formula is C21H44NO2+. The van der Waals surface area contributed by atoms with Gasteiger partial charge in [-0.1, -0.05) is 84.0 Å². The van der Waals surface area contributed by atoms with Gasteiger partial charge in [-0.25, -0.2) is 0 Å². The van der Waals surface area contributed by atoms with Crippen LogP contribution in [0.5, 0.6) is 0 Å². The van der Waals surface area contributed by atoms with Gasteiger partial charge in [0.1, 0.15) is 13.2 Å². The van der Waals surface area contributed by atoms with Gasteiger partial charge in [-0.2, -0.15) is 0 Å². The summed E-state index contributed by atoms with van der Waals surface area (Å²) in [6, 6.07) is 0. The minimum absolute atomic E-state index is 0.0217. The summed E-state index contributed by atoms with van der Waals surface area (Å²) in [4.78, 5) is 11.6. The van der Waals surface area contributed by atoms with Gasteiger partial charge in [0.2, 0.25) is 0 Å². The highest BCUT2D eigenvalue weighted by atomic mass is 16.5. The molecule has 0 atom stereocenters. The Balaban J connectivity index is 3.18. The van der Waals surface area contributed by atoms with Crippen molar-refractivity contribution in [1.82, 2.24) is 0 Å². The Bertz CT molecular complexity index is 284. The van der Waals surface area contributed by atoms with Crippen LogP contribution < -0.4 is 0 Å². The number of carbonyl (C=O) groups excluding carboxylic acids is 1. The summed E-state index contributed by atoms with van der Waals surface area (Å²) < 4.78 is 6.11. The van der Waals surface area contributed by atoms with Crippen LogP contribution in [0.25, 0.3) is 0 Å². The normalized spacial score (nSPS) is 11.7. The topological polar surface area (TPSA) is 26.3 Å². The number of unbranched alkanes of at least 4 members (excludes halogenated alkanes) is 12. The quantitative estimate of drug-likeness (QED) is 0.192. The van der Waals surface area contributed by atoms with E-state index in [1.165, 1.54) is 77.0 Å². The lowest BCUT2D eigenvalue weighted by atomic mass is 10.0. The van der Waals surface area contributed by atoms with Crippen LogP contribution >= 0.6 is 0 Å². The number of hydrogen-bond donors (Lipinski definition) is 0. The van der Waals surface area contributed by atoms with Crippen LogP contribution in [0.2, 0.25) is 0 Å². The van der Waals surface area contributed by atoms with Gasteiger partial charge in [0.25, 0.3) is 0 Å². The maximum atomic E-state index is 11.6. The average molecular weight is 343 g/mol. The Morgan fingerprint density at radius 1 is 0.708 bits per heavy atom. The molecule has 0 aromatic rings. The van der Waals surface area contributed by atoms with Gasteiger partial charge in [-0.3, -0.25) is 4.79 Å². The SMILES string of the molecule is CCCCCCCCCCCCCCCC(=O)OCC[N+](C)(C)C. The number of esters is 1. The largest absolute Gasteiger partial charge is 0.460 e. The Morgan fingerprint density at radius 2 is 1.12 bits per heavy atom. The molecule has 0 aliphatic rings. The second-order valence-corrected chi connectivity index (χ2v) is 8.23. The molecule has 0 saturated carbocycles. The fourth-order valence-corrected chi connectivity index (χ4v) is 2.79. The van der Waals surface area contributed by atoms with Crippen molar-refractivity contribution in [3.63, 3.8) is 0 Å². The summed E-state index contributed by atoms with van der Waals surface area (Å²) in [6.07, 6.45) is 17.9. The Labute approximate surface area is 151 Å². The monoisotopic (exact) mass is 342 g/mol. The van der Waals surface area contributed by atoms with E-state index >= 15 is 0 Å². The zero-order valence-corrected chi connectivity index (χ0v) is 17.1. The summed E-state index contributed by atoms with van der Waals surface area (Å²) in [5, 5.41) is 0. The lowest BCUT2D eigenvalue weighted by molar-refractivity contribution is -0.870. The van der Waals surface area contributed by atoms with Crippen LogP contribution in [-0.2, 0) is 9.53 Å². The molecule has 0 aliphatic carbocycles. The molecule has 0 aliphatic heterocycles. The molecular weight excluding hydrogens is 298 g/mol. The molecule has 3 nitrogen and oxygen atoms in total. The molecule has 0 unspecified atom stereocenters. The van der Waals surface area contributed by atoms with Crippen molar-refractivity contribution in [3.05, 3.63) is 0 Å².